The van der Waals surface area contributed by atoms with Crippen molar-refractivity contribution in [3.63, 3.8) is 0 Å². The van der Waals surface area contributed by atoms with Crippen LogP contribution in [-0.2, 0) is 9.59 Å². The van der Waals surface area contributed by atoms with E-state index in [0.717, 1.165) is 4.88 Å². The summed E-state index contributed by atoms with van der Waals surface area (Å²) in [5, 5.41) is 7.48. The first kappa shape index (κ1) is 14.7. The molecular weight excluding hydrogens is 303 g/mol. The maximum absolute atomic E-state index is 13.3. The second kappa shape index (κ2) is 5.88. The predicted octanol–water partition coefficient (Wildman–Crippen LogP) is 3.19. The van der Waals surface area contributed by atoms with Gasteiger partial charge in [0.2, 0.25) is 11.8 Å². The number of carbonyl (C=O) groups excluding carboxylic acids is 2. The van der Waals surface area contributed by atoms with Gasteiger partial charge in [-0.25, -0.2) is 4.39 Å². The molecule has 0 aliphatic carbocycles. The molecule has 0 saturated carbocycles. The normalized spacial score (nSPS) is 18.3. The summed E-state index contributed by atoms with van der Waals surface area (Å²) in [6, 6.07) is 7.86. The Labute approximate surface area is 131 Å². The van der Waals surface area contributed by atoms with Gasteiger partial charge >= 0.3 is 0 Å². The average Bonchev–Trinajstić information content (AvgIpc) is 3.00. The van der Waals surface area contributed by atoms with Crippen molar-refractivity contribution in [1.29, 1.82) is 0 Å². The zero-order valence-electron chi connectivity index (χ0n) is 11.9. The zero-order valence-corrected chi connectivity index (χ0v) is 12.7. The Hall–Kier alpha value is -2.21. The van der Waals surface area contributed by atoms with Gasteiger partial charge in [0, 0.05) is 17.0 Å². The molecule has 1 aliphatic heterocycles. The molecule has 0 unspecified atom stereocenters. The summed E-state index contributed by atoms with van der Waals surface area (Å²) in [6.45, 7) is 1.90. The van der Waals surface area contributed by atoms with E-state index in [-0.39, 0.29) is 24.3 Å². The Bertz CT molecular complexity index is 715. The number of hydrogen-bond donors (Lipinski definition) is 2. The van der Waals surface area contributed by atoms with Gasteiger partial charge in [0.15, 0.2) is 0 Å². The molecule has 22 heavy (non-hydrogen) atoms. The number of hydrogen-bond acceptors (Lipinski definition) is 3. The zero-order chi connectivity index (χ0) is 15.7. The number of amides is 2. The molecule has 2 atom stereocenters. The second-order valence-electron chi connectivity index (χ2n) is 5.28. The number of nitrogens with one attached hydrogen (secondary N) is 2. The topological polar surface area (TPSA) is 58.2 Å². The van der Waals surface area contributed by atoms with Crippen LogP contribution in [0.1, 0.15) is 35.7 Å². The van der Waals surface area contributed by atoms with Crippen LogP contribution in [-0.4, -0.2) is 11.8 Å². The van der Waals surface area contributed by atoms with Gasteiger partial charge in [-0.15, -0.1) is 11.3 Å². The molecule has 1 aliphatic rings. The van der Waals surface area contributed by atoms with Gasteiger partial charge < -0.3 is 10.6 Å². The molecule has 3 rings (SSSR count). The minimum atomic E-state index is -0.591. The van der Waals surface area contributed by atoms with Crippen molar-refractivity contribution in [2.45, 2.75) is 25.3 Å². The average molecular weight is 318 g/mol. The molecule has 2 aromatic rings. The van der Waals surface area contributed by atoms with Crippen molar-refractivity contribution in [1.82, 2.24) is 5.32 Å². The summed E-state index contributed by atoms with van der Waals surface area (Å²) in [4.78, 5) is 25.3. The highest BCUT2D eigenvalue weighted by molar-refractivity contribution is 7.10. The van der Waals surface area contributed by atoms with Crippen LogP contribution in [0, 0.1) is 5.82 Å². The first-order valence-corrected chi connectivity index (χ1v) is 7.85. The predicted molar refractivity (Wildman–Crippen MR) is 83.3 cm³/mol. The van der Waals surface area contributed by atoms with Crippen molar-refractivity contribution in [2.75, 3.05) is 5.32 Å². The van der Waals surface area contributed by atoms with E-state index in [9.17, 15) is 14.0 Å². The fourth-order valence-electron chi connectivity index (χ4n) is 2.59. The Morgan fingerprint density at radius 3 is 3.00 bits per heavy atom. The largest absolute Gasteiger partial charge is 0.348 e. The third kappa shape index (κ3) is 2.87. The monoisotopic (exact) mass is 318 g/mol. The van der Waals surface area contributed by atoms with E-state index >= 15 is 0 Å². The summed E-state index contributed by atoms with van der Waals surface area (Å²) >= 11 is 1.56. The standard InChI is InChI=1S/C16H15FN2O2S/c1-9(14-3-2-6-22-14)18-16(21)12-8-15(20)19-13-7-10(17)4-5-11(12)13/h2-7,9,12H,8H2,1H3,(H,18,21)(H,19,20)/t9-,12+/m0/s1. The number of thiophene rings is 1. The fraction of sp³-hybridized carbons (Fsp3) is 0.250. The molecule has 0 fully saturated rings. The van der Waals surface area contributed by atoms with Crippen molar-refractivity contribution in [3.05, 3.63) is 52.0 Å². The molecule has 2 heterocycles. The maximum atomic E-state index is 13.3. The van der Waals surface area contributed by atoms with Crippen molar-refractivity contribution < 1.29 is 14.0 Å². The molecular formula is C16H15FN2O2S. The number of anilines is 1. The van der Waals surface area contributed by atoms with Crippen LogP contribution in [0.25, 0.3) is 0 Å². The third-order valence-corrected chi connectivity index (χ3v) is 4.75. The number of halogens is 1. The number of benzene rings is 1. The lowest BCUT2D eigenvalue weighted by Crippen LogP contribution is -2.36. The minimum absolute atomic E-state index is 0.0711. The molecule has 0 bridgehead atoms. The number of fused-ring (bicyclic) bond motifs is 1. The van der Waals surface area contributed by atoms with Crippen molar-refractivity contribution in [3.8, 4) is 0 Å². The molecule has 114 valence electrons. The van der Waals surface area contributed by atoms with Crippen LogP contribution in [0.3, 0.4) is 0 Å². The molecule has 1 aromatic heterocycles. The van der Waals surface area contributed by atoms with Gasteiger partial charge in [-0.3, -0.25) is 9.59 Å². The van der Waals surface area contributed by atoms with E-state index in [1.165, 1.54) is 12.1 Å². The minimum Gasteiger partial charge on any atom is -0.348 e. The van der Waals surface area contributed by atoms with Gasteiger partial charge in [-0.2, -0.15) is 0 Å². The molecule has 6 heteroatoms. The van der Waals surface area contributed by atoms with Gasteiger partial charge in [-0.1, -0.05) is 12.1 Å². The summed E-state index contributed by atoms with van der Waals surface area (Å²) in [6.07, 6.45) is 0.0711. The lowest BCUT2D eigenvalue weighted by Gasteiger charge is -2.26. The Kier molecular flexibility index (Phi) is 3.94. The third-order valence-electron chi connectivity index (χ3n) is 3.70. The van der Waals surface area contributed by atoms with Gasteiger partial charge in [-0.05, 0) is 36.1 Å². The molecule has 0 saturated heterocycles. The summed E-state index contributed by atoms with van der Waals surface area (Å²) in [5.41, 5.74) is 1.03. The lowest BCUT2D eigenvalue weighted by atomic mass is 9.89. The molecule has 4 nitrogen and oxygen atoms in total. The van der Waals surface area contributed by atoms with E-state index in [2.05, 4.69) is 10.6 Å². The highest BCUT2D eigenvalue weighted by atomic mass is 32.1. The smallest absolute Gasteiger partial charge is 0.228 e. The molecule has 0 radical (unpaired) electrons. The maximum Gasteiger partial charge on any atom is 0.228 e. The first-order valence-electron chi connectivity index (χ1n) is 6.97. The SMILES string of the molecule is C[C@H](NC(=O)[C@@H]1CC(=O)Nc2cc(F)ccc21)c1cccs1. The highest BCUT2D eigenvalue weighted by Gasteiger charge is 2.31. The Balaban J connectivity index is 1.82. The van der Waals surface area contributed by atoms with Crippen LogP contribution in [0.2, 0.25) is 0 Å². The van der Waals surface area contributed by atoms with Crippen molar-refractivity contribution >= 4 is 28.8 Å². The van der Waals surface area contributed by atoms with Crippen LogP contribution in [0.15, 0.2) is 35.7 Å². The first-order chi connectivity index (χ1) is 10.5. The van der Waals surface area contributed by atoms with Crippen LogP contribution >= 0.6 is 11.3 Å². The summed E-state index contributed by atoms with van der Waals surface area (Å²) in [7, 11) is 0. The Morgan fingerprint density at radius 2 is 2.27 bits per heavy atom. The van der Waals surface area contributed by atoms with Crippen LogP contribution in [0.5, 0.6) is 0 Å². The molecule has 0 spiro atoms. The van der Waals surface area contributed by atoms with Gasteiger partial charge in [0.25, 0.3) is 0 Å². The van der Waals surface area contributed by atoms with E-state index in [4.69, 9.17) is 0 Å². The fourth-order valence-corrected chi connectivity index (χ4v) is 3.33. The summed E-state index contributed by atoms with van der Waals surface area (Å²) < 4.78 is 13.3. The van der Waals surface area contributed by atoms with Gasteiger partial charge in [0.05, 0.1) is 12.0 Å². The quantitative estimate of drug-likeness (QED) is 0.913. The van der Waals surface area contributed by atoms with E-state index in [1.54, 1.807) is 17.4 Å². The van der Waals surface area contributed by atoms with Crippen molar-refractivity contribution in [2.24, 2.45) is 0 Å². The second-order valence-corrected chi connectivity index (χ2v) is 6.26. The molecule has 2 amide bonds. The highest BCUT2D eigenvalue weighted by Crippen LogP contribution is 2.33. The summed E-state index contributed by atoms with van der Waals surface area (Å²) in [5.74, 6) is -1.52. The van der Waals surface area contributed by atoms with E-state index in [0.29, 0.717) is 11.3 Å². The van der Waals surface area contributed by atoms with Crippen LogP contribution < -0.4 is 10.6 Å². The van der Waals surface area contributed by atoms with E-state index in [1.807, 2.05) is 24.4 Å². The van der Waals surface area contributed by atoms with Gasteiger partial charge in [0.1, 0.15) is 5.82 Å². The number of carbonyl (C=O) groups is 2. The van der Waals surface area contributed by atoms with Crippen LogP contribution in [0.4, 0.5) is 10.1 Å². The lowest BCUT2D eigenvalue weighted by molar-refractivity contribution is -0.126. The Morgan fingerprint density at radius 1 is 1.45 bits per heavy atom. The van der Waals surface area contributed by atoms with E-state index < -0.39 is 11.7 Å². The molecule has 1 aromatic carbocycles. The molecule has 2 N–H and O–H groups in total. The number of rotatable bonds is 3.